The largest absolute Gasteiger partial charge is 0.406 e. The molecule has 0 radical (unpaired) electrons. The topological polar surface area (TPSA) is 123 Å². The van der Waals surface area contributed by atoms with Crippen LogP contribution in [0.15, 0.2) is 16.5 Å². The first-order valence-electron chi connectivity index (χ1n) is 6.26. The molecule has 110 valence electrons. The van der Waals surface area contributed by atoms with Gasteiger partial charge in [0.15, 0.2) is 0 Å². The van der Waals surface area contributed by atoms with Gasteiger partial charge in [-0.15, -0.1) is 5.10 Å². The average Bonchev–Trinajstić information content (AvgIpc) is 3.19. The van der Waals surface area contributed by atoms with Crippen molar-refractivity contribution in [2.45, 2.75) is 18.9 Å². The Labute approximate surface area is 122 Å². The summed E-state index contributed by atoms with van der Waals surface area (Å²) in [4.78, 5) is 22.2. The van der Waals surface area contributed by atoms with E-state index in [1.807, 2.05) is 0 Å². The third-order valence-electron chi connectivity index (χ3n) is 3.02. The molecule has 2 aromatic heterocycles. The van der Waals surface area contributed by atoms with Crippen molar-refractivity contribution in [3.05, 3.63) is 33.0 Å². The van der Waals surface area contributed by atoms with Crippen molar-refractivity contribution in [2.24, 2.45) is 0 Å². The van der Waals surface area contributed by atoms with E-state index in [-0.39, 0.29) is 21.9 Å². The third-order valence-corrected chi connectivity index (χ3v) is 4.05. The van der Waals surface area contributed by atoms with Gasteiger partial charge >= 0.3 is 11.0 Å². The first kappa shape index (κ1) is 13.6. The molecule has 1 amide bonds. The van der Waals surface area contributed by atoms with Crippen molar-refractivity contribution in [3.8, 4) is 0 Å². The number of carbonyl (C=O) groups excluding carboxylic acids is 1. The van der Waals surface area contributed by atoms with Gasteiger partial charge < -0.3 is 9.73 Å². The van der Waals surface area contributed by atoms with Gasteiger partial charge in [-0.1, -0.05) is 16.4 Å². The second-order valence-corrected chi connectivity index (χ2v) is 5.51. The molecule has 1 aliphatic rings. The van der Waals surface area contributed by atoms with Gasteiger partial charge in [-0.05, 0) is 25.5 Å². The predicted molar refractivity (Wildman–Crippen MR) is 73.2 cm³/mol. The molecule has 0 spiro atoms. The number of hydrogen-bond donors (Lipinski definition) is 2. The number of amides is 1. The molecule has 1 aliphatic heterocycles. The fourth-order valence-corrected chi connectivity index (χ4v) is 2.74. The highest BCUT2D eigenvalue weighted by Gasteiger charge is 2.23. The van der Waals surface area contributed by atoms with Crippen LogP contribution in [0.2, 0.25) is 0 Å². The van der Waals surface area contributed by atoms with Crippen LogP contribution in [0, 0.1) is 10.1 Å². The zero-order chi connectivity index (χ0) is 14.8. The lowest BCUT2D eigenvalue weighted by Gasteiger charge is -2.02. The lowest BCUT2D eigenvalue weighted by Crippen LogP contribution is -2.13. The summed E-state index contributed by atoms with van der Waals surface area (Å²) in [6, 6.07) is 2.67. The van der Waals surface area contributed by atoms with Crippen LogP contribution in [0.1, 0.15) is 34.4 Å². The van der Waals surface area contributed by atoms with Crippen LogP contribution in [-0.4, -0.2) is 27.6 Å². The molecule has 0 aliphatic carbocycles. The normalized spacial score (nSPS) is 17.8. The van der Waals surface area contributed by atoms with Crippen molar-refractivity contribution in [3.63, 3.8) is 0 Å². The predicted octanol–water partition coefficient (Wildman–Crippen LogP) is 1.72. The molecule has 21 heavy (non-hydrogen) atoms. The summed E-state index contributed by atoms with van der Waals surface area (Å²) in [6.07, 6.45) is 1.94. The van der Waals surface area contributed by atoms with E-state index in [9.17, 15) is 14.9 Å². The number of rotatable bonds is 4. The molecule has 1 fully saturated rings. The number of carbonyl (C=O) groups is 1. The fraction of sp³-hybridized carbons (Fsp3) is 0.364. The molecule has 1 unspecified atom stereocenters. The first-order chi connectivity index (χ1) is 10.1. The van der Waals surface area contributed by atoms with Gasteiger partial charge in [-0.3, -0.25) is 20.2 Å². The monoisotopic (exact) mass is 309 g/mol. The Balaban J connectivity index is 1.67. The number of hydrogen-bond acceptors (Lipinski definition) is 8. The molecular weight excluding hydrogens is 298 g/mol. The highest BCUT2D eigenvalue weighted by molar-refractivity contribution is 7.17. The Kier molecular flexibility index (Phi) is 3.62. The molecule has 2 N–H and O–H groups in total. The summed E-state index contributed by atoms with van der Waals surface area (Å²) < 4.78 is 5.37. The smallest absolute Gasteiger partial charge is 0.324 e. The van der Waals surface area contributed by atoms with Crippen molar-refractivity contribution in [1.29, 1.82) is 0 Å². The van der Waals surface area contributed by atoms with Crippen LogP contribution < -0.4 is 10.6 Å². The third kappa shape index (κ3) is 2.90. The minimum absolute atomic E-state index is 0.0141. The standard InChI is InChI=1S/C11H11N5O4S/c17-9(7-3-4-8(21-7)16(18)19)13-11-15-14-10(20-11)6-2-1-5-12-6/h3-4,6,12H,1-2,5H2,(H,13,15,17). The molecule has 0 aromatic carbocycles. The van der Waals surface area contributed by atoms with E-state index in [0.29, 0.717) is 5.89 Å². The number of nitrogens with one attached hydrogen (secondary N) is 2. The lowest BCUT2D eigenvalue weighted by molar-refractivity contribution is -0.380. The molecular formula is C11H11N5O4S. The highest BCUT2D eigenvalue weighted by atomic mass is 32.1. The Morgan fingerprint density at radius 2 is 2.38 bits per heavy atom. The van der Waals surface area contributed by atoms with Crippen molar-refractivity contribution in [1.82, 2.24) is 15.5 Å². The van der Waals surface area contributed by atoms with Gasteiger partial charge in [0.25, 0.3) is 5.91 Å². The quantitative estimate of drug-likeness (QED) is 0.651. The van der Waals surface area contributed by atoms with Crippen LogP contribution in [-0.2, 0) is 0 Å². The summed E-state index contributed by atoms with van der Waals surface area (Å²) in [7, 11) is 0. The number of nitrogens with zero attached hydrogens (tertiary/aromatic N) is 3. The van der Waals surface area contributed by atoms with E-state index in [0.717, 1.165) is 30.7 Å². The Morgan fingerprint density at radius 3 is 3.05 bits per heavy atom. The van der Waals surface area contributed by atoms with Gasteiger partial charge in [-0.2, -0.15) is 0 Å². The maximum Gasteiger partial charge on any atom is 0.324 e. The number of nitro groups is 1. The van der Waals surface area contributed by atoms with Gasteiger partial charge in [-0.25, -0.2) is 0 Å². The molecule has 10 heteroatoms. The Hall–Kier alpha value is -2.33. The van der Waals surface area contributed by atoms with E-state index in [2.05, 4.69) is 20.8 Å². The SMILES string of the molecule is O=C(Nc1nnc(C2CCCN2)o1)c1ccc([N+](=O)[O-])s1. The zero-order valence-electron chi connectivity index (χ0n) is 10.7. The highest BCUT2D eigenvalue weighted by Crippen LogP contribution is 2.26. The second-order valence-electron chi connectivity index (χ2n) is 4.44. The Morgan fingerprint density at radius 1 is 1.52 bits per heavy atom. The average molecular weight is 309 g/mol. The maximum absolute atomic E-state index is 11.9. The van der Waals surface area contributed by atoms with Crippen molar-refractivity contribution < 1.29 is 14.1 Å². The lowest BCUT2D eigenvalue weighted by atomic mass is 10.2. The van der Waals surface area contributed by atoms with E-state index in [1.54, 1.807) is 0 Å². The number of aromatic nitrogens is 2. The van der Waals surface area contributed by atoms with Gasteiger partial charge in [0.05, 0.1) is 15.8 Å². The van der Waals surface area contributed by atoms with Gasteiger partial charge in [0.2, 0.25) is 5.89 Å². The molecule has 1 atom stereocenters. The van der Waals surface area contributed by atoms with Crippen molar-refractivity contribution in [2.75, 3.05) is 11.9 Å². The van der Waals surface area contributed by atoms with E-state index < -0.39 is 10.8 Å². The van der Waals surface area contributed by atoms with Crippen molar-refractivity contribution >= 4 is 28.3 Å². The van der Waals surface area contributed by atoms with Gasteiger partial charge in [0.1, 0.15) is 0 Å². The maximum atomic E-state index is 11.9. The van der Waals surface area contributed by atoms with Gasteiger partial charge in [0, 0.05) is 6.07 Å². The van der Waals surface area contributed by atoms with E-state index in [1.165, 1.54) is 12.1 Å². The number of thiophene rings is 1. The second kappa shape index (κ2) is 5.58. The first-order valence-corrected chi connectivity index (χ1v) is 7.07. The Bertz CT molecular complexity index is 676. The molecule has 3 rings (SSSR count). The molecule has 3 heterocycles. The zero-order valence-corrected chi connectivity index (χ0v) is 11.6. The molecule has 1 saturated heterocycles. The summed E-state index contributed by atoms with van der Waals surface area (Å²) in [5.41, 5.74) is 0. The summed E-state index contributed by atoms with van der Waals surface area (Å²) >= 11 is 0.787. The summed E-state index contributed by atoms with van der Waals surface area (Å²) in [5.74, 6) is -0.0809. The molecule has 2 aromatic rings. The molecule has 0 bridgehead atoms. The number of anilines is 1. The van der Waals surface area contributed by atoms with Crippen LogP contribution in [0.3, 0.4) is 0 Å². The van der Waals surface area contributed by atoms with Crippen LogP contribution >= 0.6 is 11.3 Å². The van der Waals surface area contributed by atoms with E-state index in [4.69, 9.17) is 4.42 Å². The van der Waals surface area contributed by atoms with Crippen LogP contribution in [0.5, 0.6) is 0 Å². The minimum atomic E-state index is -0.544. The molecule has 0 saturated carbocycles. The fourth-order valence-electron chi connectivity index (χ4n) is 2.03. The van der Waals surface area contributed by atoms with Crippen LogP contribution in [0.4, 0.5) is 11.0 Å². The summed E-state index contributed by atoms with van der Waals surface area (Å²) in [5, 5.41) is 23.8. The minimum Gasteiger partial charge on any atom is -0.406 e. The van der Waals surface area contributed by atoms with E-state index >= 15 is 0 Å². The molecule has 9 nitrogen and oxygen atoms in total. The summed E-state index contributed by atoms with van der Waals surface area (Å²) in [6.45, 7) is 0.896. The van der Waals surface area contributed by atoms with Crippen LogP contribution in [0.25, 0.3) is 0 Å².